The molecule has 0 unspecified atom stereocenters. The Balaban J connectivity index is 2.65. The van der Waals surface area contributed by atoms with Crippen LogP contribution in [0.1, 0.15) is 0 Å². The van der Waals surface area contributed by atoms with E-state index in [0.717, 1.165) is 0 Å². The third-order valence-electron chi connectivity index (χ3n) is 1.96. The molecule has 17 heavy (non-hydrogen) atoms. The van der Waals surface area contributed by atoms with Crippen LogP contribution < -0.4 is 0 Å². The summed E-state index contributed by atoms with van der Waals surface area (Å²) in [5.74, 6) is -0.483. The van der Waals surface area contributed by atoms with Gasteiger partial charge in [0.15, 0.2) is 11.6 Å². The van der Waals surface area contributed by atoms with Gasteiger partial charge in [-0.1, -0.05) is 40.9 Å². The quantitative estimate of drug-likeness (QED) is 0.503. The van der Waals surface area contributed by atoms with E-state index in [1.54, 1.807) is 6.07 Å². The average molecular weight is 403 g/mol. The maximum Gasteiger partial charge on any atom is 0.165 e. The van der Waals surface area contributed by atoms with Crippen LogP contribution in [0, 0.1) is 9.39 Å². The largest absolute Gasteiger partial charge is 0.215 e. The van der Waals surface area contributed by atoms with Gasteiger partial charge in [-0.15, -0.1) is 0 Å². The van der Waals surface area contributed by atoms with Gasteiger partial charge in [-0.25, -0.2) is 14.4 Å². The van der Waals surface area contributed by atoms with Crippen molar-refractivity contribution in [1.29, 1.82) is 0 Å². The summed E-state index contributed by atoms with van der Waals surface area (Å²) in [7, 11) is 0. The van der Waals surface area contributed by atoms with Crippen molar-refractivity contribution in [2.24, 2.45) is 0 Å². The first-order valence-corrected chi connectivity index (χ1v) is 6.55. The molecule has 0 bridgehead atoms. The van der Waals surface area contributed by atoms with E-state index in [9.17, 15) is 4.39 Å². The lowest BCUT2D eigenvalue weighted by Crippen LogP contribution is -1.96. The van der Waals surface area contributed by atoms with E-state index >= 15 is 0 Å². The molecular formula is C10H3Cl3FIN2. The second kappa shape index (κ2) is 5.22. The van der Waals surface area contributed by atoms with Crippen LogP contribution in [0.2, 0.25) is 15.3 Å². The van der Waals surface area contributed by atoms with Gasteiger partial charge in [0.1, 0.15) is 10.3 Å². The molecule has 0 fully saturated rings. The van der Waals surface area contributed by atoms with Crippen molar-refractivity contribution < 1.29 is 4.39 Å². The minimum absolute atomic E-state index is 0.00288. The van der Waals surface area contributed by atoms with Gasteiger partial charge in [-0.3, -0.25) is 0 Å². The number of rotatable bonds is 1. The highest BCUT2D eigenvalue weighted by molar-refractivity contribution is 14.1. The van der Waals surface area contributed by atoms with Gasteiger partial charge in [0, 0.05) is 0 Å². The van der Waals surface area contributed by atoms with Gasteiger partial charge >= 0.3 is 0 Å². The van der Waals surface area contributed by atoms with E-state index in [2.05, 4.69) is 9.97 Å². The van der Waals surface area contributed by atoms with Gasteiger partial charge in [0.25, 0.3) is 0 Å². The minimum atomic E-state index is -0.595. The molecular weight excluding hydrogens is 400 g/mol. The zero-order valence-corrected chi connectivity index (χ0v) is 12.4. The third-order valence-corrected chi connectivity index (χ3v) is 4.46. The van der Waals surface area contributed by atoms with Gasteiger partial charge in [0.05, 0.1) is 14.2 Å². The lowest BCUT2D eigenvalue weighted by atomic mass is 10.2. The summed E-state index contributed by atoms with van der Waals surface area (Å²) in [6.45, 7) is 0. The van der Waals surface area contributed by atoms with Crippen LogP contribution >= 0.6 is 57.4 Å². The van der Waals surface area contributed by atoms with Crippen LogP contribution in [0.5, 0.6) is 0 Å². The molecule has 1 aromatic heterocycles. The lowest BCUT2D eigenvalue weighted by molar-refractivity contribution is 0.630. The van der Waals surface area contributed by atoms with E-state index in [4.69, 9.17) is 34.8 Å². The SMILES string of the molecule is Fc1c(Cl)cccc1-c1nc(Cl)c(I)c(Cl)n1. The molecule has 0 aliphatic carbocycles. The Labute approximate surface area is 125 Å². The summed E-state index contributed by atoms with van der Waals surface area (Å²) in [6, 6.07) is 4.55. The first-order chi connectivity index (χ1) is 8.00. The summed E-state index contributed by atoms with van der Waals surface area (Å²) in [4.78, 5) is 7.94. The summed E-state index contributed by atoms with van der Waals surface area (Å²) < 4.78 is 14.3. The highest BCUT2D eigenvalue weighted by Gasteiger charge is 2.15. The van der Waals surface area contributed by atoms with Crippen LogP contribution in [0.25, 0.3) is 11.4 Å². The molecule has 0 radical (unpaired) electrons. The van der Waals surface area contributed by atoms with Crippen LogP contribution in [-0.2, 0) is 0 Å². The van der Waals surface area contributed by atoms with E-state index in [1.165, 1.54) is 12.1 Å². The number of hydrogen-bond donors (Lipinski definition) is 0. The number of nitrogens with zero attached hydrogens (tertiary/aromatic N) is 2. The predicted octanol–water partition coefficient (Wildman–Crippen LogP) is 4.85. The van der Waals surface area contributed by atoms with Crippen molar-refractivity contribution >= 4 is 57.4 Å². The van der Waals surface area contributed by atoms with Crippen LogP contribution in [0.3, 0.4) is 0 Å². The Kier molecular flexibility index (Phi) is 4.07. The van der Waals surface area contributed by atoms with Crippen molar-refractivity contribution in [3.8, 4) is 11.4 Å². The maximum atomic E-state index is 13.8. The molecule has 0 aliphatic heterocycles. The van der Waals surface area contributed by atoms with E-state index < -0.39 is 5.82 Å². The number of benzene rings is 1. The standard InChI is InChI=1S/C10H3Cl3FIN2/c11-5-3-1-2-4(6(5)14)10-16-8(12)7(15)9(13)17-10/h1-3H. The second-order valence-electron chi connectivity index (χ2n) is 3.04. The molecule has 7 heteroatoms. The molecule has 88 valence electrons. The molecule has 0 spiro atoms. The van der Waals surface area contributed by atoms with Crippen molar-refractivity contribution in [2.45, 2.75) is 0 Å². The Morgan fingerprint density at radius 3 is 2.24 bits per heavy atom. The molecule has 0 aliphatic rings. The molecule has 2 nitrogen and oxygen atoms in total. The average Bonchev–Trinajstić information content (AvgIpc) is 2.29. The van der Waals surface area contributed by atoms with Crippen LogP contribution in [0.4, 0.5) is 4.39 Å². The van der Waals surface area contributed by atoms with Gasteiger partial charge < -0.3 is 0 Å². The summed E-state index contributed by atoms with van der Waals surface area (Å²) in [5, 5.41) is 0.358. The predicted molar refractivity (Wildman–Crippen MR) is 75.2 cm³/mol. The Hall–Kier alpha value is -0.170. The first-order valence-electron chi connectivity index (χ1n) is 4.33. The minimum Gasteiger partial charge on any atom is -0.215 e. The second-order valence-corrected chi connectivity index (χ2v) is 5.25. The summed E-state index contributed by atoms with van der Waals surface area (Å²) in [6.07, 6.45) is 0. The molecule has 1 heterocycles. The molecule has 1 aromatic carbocycles. The number of aromatic nitrogens is 2. The van der Waals surface area contributed by atoms with E-state index in [1.807, 2.05) is 22.6 Å². The molecule has 2 aromatic rings. The van der Waals surface area contributed by atoms with Crippen molar-refractivity contribution in [2.75, 3.05) is 0 Å². The first kappa shape index (κ1) is 13.3. The highest BCUT2D eigenvalue weighted by atomic mass is 127. The van der Waals surface area contributed by atoms with Crippen molar-refractivity contribution in [3.63, 3.8) is 0 Å². The zero-order valence-electron chi connectivity index (χ0n) is 8.02. The normalized spacial score (nSPS) is 10.6. The van der Waals surface area contributed by atoms with Gasteiger partial charge in [-0.05, 0) is 34.7 Å². The maximum absolute atomic E-state index is 13.8. The van der Waals surface area contributed by atoms with Crippen molar-refractivity contribution in [1.82, 2.24) is 9.97 Å². The highest BCUT2D eigenvalue weighted by Crippen LogP contribution is 2.29. The van der Waals surface area contributed by atoms with Crippen LogP contribution in [-0.4, -0.2) is 9.97 Å². The zero-order chi connectivity index (χ0) is 12.6. The Bertz CT molecular complexity index is 569. The molecule has 0 saturated heterocycles. The molecule has 2 rings (SSSR count). The molecule has 0 atom stereocenters. The summed E-state index contributed by atoms with van der Waals surface area (Å²) >= 11 is 19.3. The number of hydrogen-bond acceptors (Lipinski definition) is 2. The third kappa shape index (κ3) is 2.65. The molecule has 0 N–H and O–H groups in total. The van der Waals surface area contributed by atoms with Crippen LogP contribution in [0.15, 0.2) is 18.2 Å². The topological polar surface area (TPSA) is 25.8 Å². The summed E-state index contributed by atoms with van der Waals surface area (Å²) in [5.41, 5.74) is 0.165. The molecule has 0 amide bonds. The van der Waals surface area contributed by atoms with Gasteiger partial charge in [-0.2, -0.15) is 0 Å². The van der Waals surface area contributed by atoms with E-state index in [0.29, 0.717) is 3.57 Å². The monoisotopic (exact) mass is 402 g/mol. The molecule has 0 saturated carbocycles. The fourth-order valence-corrected chi connectivity index (χ4v) is 1.99. The van der Waals surface area contributed by atoms with E-state index in [-0.39, 0.29) is 26.7 Å². The van der Waals surface area contributed by atoms with Gasteiger partial charge in [0.2, 0.25) is 0 Å². The fourth-order valence-electron chi connectivity index (χ4n) is 1.19. The lowest BCUT2D eigenvalue weighted by Gasteiger charge is -2.05. The Morgan fingerprint density at radius 1 is 1.06 bits per heavy atom. The fraction of sp³-hybridized carbons (Fsp3) is 0. The van der Waals surface area contributed by atoms with Crippen molar-refractivity contribution in [3.05, 3.63) is 42.9 Å². The smallest absolute Gasteiger partial charge is 0.165 e. The Morgan fingerprint density at radius 2 is 1.65 bits per heavy atom. The number of halogens is 5.